The molecule has 1 aromatic carbocycles. The largest absolute Gasteiger partial charge is 0.369 e. The summed E-state index contributed by atoms with van der Waals surface area (Å²) in [6.07, 6.45) is 1.76. The van der Waals surface area contributed by atoms with Gasteiger partial charge in [-0.05, 0) is 43.2 Å². The number of fused-ring (bicyclic) bond motifs is 1. The maximum atomic E-state index is 6.02. The van der Waals surface area contributed by atoms with Gasteiger partial charge in [0.15, 0.2) is 5.65 Å². The second-order valence-corrected chi connectivity index (χ2v) is 4.37. The number of nitrogens with zero attached hydrogens (tertiary/aromatic N) is 3. The Morgan fingerprint density at radius 1 is 1.11 bits per heavy atom. The monoisotopic (exact) mass is 238 g/mol. The molecule has 0 saturated heterocycles. The predicted octanol–water partition coefficient (Wildman–Crippen LogP) is 2.62. The van der Waals surface area contributed by atoms with E-state index >= 15 is 0 Å². The van der Waals surface area contributed by atoms with Crippen molar-refractivity contribution in [3.8, 4) is 5.69 Å². The van der Waals surface area contributed by atoms with Gasteiger partial charge in [0.25, 0.3) is 0 Å². The van der Waals surface area contributed by atoms with E-state index in [-0.39, 0.29) is 0 Å². The molecule has 0 aliphatic carbocycles. The Balaban J connectivity index is 2.38. The van der Waals surface area contributed by atoms with Crippen LogP contribution in [0.5, 0.6) is 0 Å². The summed E-state index contributed by atoms with van der Waals surface area (Å²) in [4.78, 5) is 8.71. The minimum absolute atomic E-state index is 0.470. The van der Waals surface area contributed by atoms with Gasteiger partial charge in [0.1, 0.15) is 5.52 Å². The first kappa shape index (κ1) is 10.8. The van der Waals surface area contributed by atoms with Crippen LogP contribution in [0, 0.1) is 13.8 Å². The molecule has 18 heavy (non-hydrogen) atoms. The molecule has 3 rings (SSSR count). The molecule has 0 aliphatic rings. The van der Waals surface area contributed by atoms with Crippen molar-refractivity contribution in [2.24, 2.45) is 0 Å². The highest BCUT2D eigenvalue weighted by Crippen LogP contribution is 2.24. The molecular formula is C14H14N4. The number of hydrogen-bond acceptors (Lipinski definition) is 3. The van der Waals surface area contributed by atoms with E-state index < -0.39 is 0 Å². The normalized spacial score (nSPS) is 11.0. The molecule has 4 nitrogen and oxygen atoms in total. The Kier molecular flexibility index (Phi) is 2.30. The summed E-state index contributed by atoms with van der Waals surface area (Å²) in [5.41, 5.74) is 11.1. The quantitative estimate of drug-likeness (QED) is 0.709. The Morgan fingerprint density at radius 2 is 1.94 bits per heavy atom. The summed E-state index contributed by atoms with van der Waals surface area (Å²) < 4.78 is 1.90. The van der Waals surface area contributed by atoms with E-state index in [2.05, 4.69) is 29.9 Å². The molecule has 0 radical (unpaired) electrons. The van der Waals surface area contributed by atoms with Gasteiger partial charge in [-0.2, -0.15) is 0 Å². The average Bonchev–Trinajstić information content (AvgIpc) is 2.69. The van der Waals surface area contributed by atoms with Crippen molar-refractivity contribution in [3.05, 3.63) is 47.7 Å². The van der Waals surface area contributed by atoms with Crippen molar-refractivity contribution < 1.29 is 0 Å². The van der Waals surface area contributed by atoms with Gasteiger partial charge in [-0.15, -0.1) is 0 Å². The number of nitrogen functional groups attached to an aromatic ring is 1. The molecule has 2 heterocycles. The second kappa shape index (κ2) is 3.84. The van der Waals surface area contributed by atoms with Crippen LogP contribution in [-0.4, -0.2) is 14.5 Å². The van der Waals surface area contributed by atoms with Crippen molar-refractivity contribution in [1.82, 2.24) is 14.5 Å². The number of benzene rings is 1. The molecule has 0 atom stereocenters. The Hall–Kier alpha value is -2.36. The number of pyridine rings is 1. The number of aryl methyl sites for hydroxylation is 1. The summed E-state index contributed by atoms with van der Waals surface area (Å²) >= 11 is 0. The van der Waals surface area contributed by atoms with E-state index in [9.17, 15) is 0 Å². The molecule has 2 N–H and O–H groups in total. The lowest BCUT2D eigenvalue weighted by molar-refractivity contribution is 1.06. The van der Waals surface area contributed by atoms with Crippen LogP contribution in [0.25, 0.3) is 16.9 Å². The number of rotatable bonds is 1. The number of anilines is 1. The minimum Gasteiger partial charge on any atom is -0.369 e. The van der Waals surface area contributed by atoms with Gasteiger partial charge in [-0.3, -0.25) is 4.57 Å². The fraction of sp³-hybridized carbons (Fsp3) is 0.143. The molecule has 0 amide bonds. The highest BCUT2D eigenvalue weighted by atomic mass is 15.2. The fourth-order valence-electron chi connectivity index (χ4n) is 2.15. The van der Waals surface area contributed by atoms with Gasteiger partial charge in [0, 0.05) is 6.20 Å². The van der Waals surface area contributed by atoms with Gasteiger partial charge in [-0.1, -0.05) is 12.1 Å². The third kappa shape index (κ3) is 1.46. The summed E-state index contributed by atoms with van der Waals surface area (Å²) in [6.45, 7) is 4.17. The van der Waals surface area contributed by atoms with Gasteiger partial charge in [-0.25, -0.2) is 9.97 Å². The molecule has 2 aromatic heterocycles. The van der Waals surface area contributed by atoms with Crippen LogP contribution in [0.4, 0.5) is 5.95 Å². The first-order chi connectivity index (χ1) is 8.68. The second-order valence-electron chi connectivity index (χ2n) is 4.37. The SMILES string of the molecule is Cc1cccc(-n2c(N)nc3cccnc32)c1C. The van der Waals surface area contributed by atoms with E-state index in [1.165, 1.54) is 11.1 Å². The van der Waals surface area contributed by atoms with Gasteiger partial charge >= 0.3 is 0 Å². The van der Waals surface area contributed by atoms with E-state index in [4.69, 9.17) is 5.73 Å². The zero-order chi connectivity index (χ0) is 12.7. The Morgan fingerprint density at radius 3 is 2.78 bits per heavy atom. The standard InChI is InChI=1S/C14H14N4/c1-9-5-3-7-12(10(9)2)18-13-11(17-14(18)15)6-4-8-16-13/h3-8H,1-2H3,(H2,15,17). The first-order valence-corrected chi connectivity index (χ1v) is 5.84. The molecule has 0 saturated carbocycles. The number of nitrogens with two attached hydrogens (primary N) is 1. The maximum Gasteiger partial charge on any atom is 0.207 e. The minimum atomic E-state index is 0.470. The van der Waals surface area contributed by atoms with Gasteiger partial charge in [0.05, 0.1) is 5.69 Å². The highest BCUT2D eigenvalue weighted by molar-refractivity contribution is 5.77. The first-order valence-electron chi connectivity index (χ1n) is 5.84. The lowest BCUT2D eigenvalue weighted by Gasteiger charge is -2.11. The lowest BCUT2D eigenvalue weighted by atomic mass is 10.1. The summed E-state index contributed by atoms with van der Waals surface area (Å²) in [5, 5.41) is 0. The molecule has 90 valence electrons. The molecule has 0 bridgehead atoms. The van der Waals surface area contributed by atoms with E-state index in [0.717, 1.165) is 16.9 Å². The molecule has 0 fully saturated rings. The maximum absolute atomic E-state index is 6.02. The zero-order valence-electron chi connectivity index (χ0n) is 10.4. The highest BCUT2D eigenvalue weighted by Gasteiger charge is 2.12. The van der Waals surface area contributed by atoms with Crippen LogP contribution in [0.1, 0.15) is 11.1 Å². The van der Waals surface area contributed by atoms with Crippen molar-refractivity contribution in [2.75, 3.05) is 5.73 Å². The average molecular weight is 238 g/mol. The molecule has 4 heteroatoms. The Labute approximate surface area is 105 Å². The van der Waals surface area contributed by atoms with Crippen molar-refractivity contribution >= 4 is 17.1 Å². The molecule has 0 unspecified atom stereocenters. The number of imidazole rings is 1. The van der Waals surface area contributed by atoms with Crippen LogP contribution in [0.3, 0.4) is 0 Å². The summed E-state index contributed by atoms with van der Waals surface area (Å²) in [5.74, 6) is 0.470. The van der Waals surface area contributed by atoms with Crippen LogP contribution in [-0.2, 0) is 0 Å². The van der Waals surface area contributed by atoms with Gasteiger partial charge in [0.2, 0.25) is 5.95 Å². The van der Waals surface area contributed by atoms with Crippen LogP contribution < -0.4 is 5.73 Å². The molecule has 0 aliphatic heterocycles. The van der Waals surface area contributed by atoms with Gasteiger partial charge < -0.3 is 5.73 Å². The Bertz CT molecular complexity index is 728. The third-order valence-corrected chi connectivity index (χ3v) is 3.26. The van der Waals surface area contributed by atoms with Crippen LogP contribution in [0.15, 0.2) is 36.5 Å². The molecule has 0 spiro atoms. The summed E-state index contributed by atoms with van der Waals surface area (Å²) in [6, 6.07) is 9.92. The lowest BCUT2D eigenvalue weighted by Crippen LogP contribution is -2.04. The smallest absolute Gasteiger partial charge is 0.207 e. The zero-order valence-corrected chi connectivity index (χ0v) is 10.4. The van der Waals surface area contributed by atoms with Crippen molar-refractivity contribution in [2.45, 2.75) is 13.8 Å². The van der Waals surface area contributed by atoms with Crippen molar-refractivity contribution in [3.63, 3.8) is 0 Å². The van der Waals surface area contributed by atoms with Crippen molar-refractivity contribution in [1.29, 1.82) is 0 Å². The number of aromatic nitrogens is 3. The van der Waals surface area contributed by atoms with E-state index in [1.807, 2.05) is 28.8 Å². The number of hydrogen-bond donors (Lipinski definition) is 1. The van der Waals surface area contributed by atoms with Crippen LogP contribution in [0.2, 0.25) is 0 Å². The topological polar surface area (TPSA) is 56.7 Å². The van der Waals surface area contributed by atoms with Crippen LogP contribution >= 0.6 is 0 Å². The predicted molar refractivity (Wildman–Crippen MR) is 72.8 cm³/mol. The van der Waals surface area contributed by atoms with E-state index in [1.54, 1.807) is 6.20 Å². The molecule has 3 aromatic rings. The summed E-state index contributed by atoms with van der Waals surface area (Å²) in [7, 11) is 0. The molecular weight excluding hydrogens is 224 g/mol. The third-order valence-electron chi connectivity index (χ3n) is 3.26. The fourth-order valence-corrected chi connectivity index (χ4v) is 2.15. The van der Waals surface area contributed by atoms with E-state index in [0.29, 0.717) is 5.95 Å².